The number of nitrogens with one attached hydrogen (secondary N) is 2. The highest BCUT2D eigenvalue weighted by molar-refractivity contribution is 7.81. The highest BCUT2D eigenvalue weighted by atomic mass is 32.2. The minimum Gasteiger partial charge on any atom is -0.369 e. The molecule has 2 fully saturated rings. The molecule has 0 spiro atoms. The van der Waals surface area contributed by atoms with Crippen LogP contribution in [-0.2, 0) is 18.0 Å². The number of imidazole rings is 1. The van der Waals surface area contributed by atoms with Gasteiger partial charge < -0.3 is 20.1 Å². The van der Waals surface area contributed by atoms with E-state index in [1.807, 2.05) is 32.8 Å². The van der Waals surface area contributed by atoms with Crippen molar-refractivity contribution in [3.8, 4) is 11.4 Å². The Labute approximate surface area is 265 Å². The zero-order valence-electron chi connectivity index (χ0n) is 26.0. The molecule has 2 aliphatic heterocycles. The second kappa shape index (κ2) is 12.3. The van der Waals surface area contributed by atoms with Gasteiger partial charge in [0.15, 0.2) is 0 Å². The van der Waals surface area contributed by atoms with Crippen molar-refractivity contribution in [1.29, 1.82) is 0 Å². The van der Waals surface area contributed by atoms with Crippen LogP contribution in [0.2, 0.25) is 0 Å². The molecule has 1 aromatic carbocycles. The first-order valence-electron chi connectivity index (χ1n) is 15.6. The number of piperazine rings is 1. The number of anilines is 3. The molecule has 45 heavy (non-hydrogen) atoms. The van der Waals surface area contributed by atoms with E-state index in [4.69, 9.17) is 9.97 Å². The molecule has 0 saturated carbocycles. The molecule has 0 bridgehead atoms. The summed E-state index contributed by atoms with van der Waals surface area (Å²) >= 11 is 0. The number of pyridine rings is 1. The van der Waals surface area contributed by atoms with Gasteiger partial charge in [-0.15, -0.1) is 0 Å². The Kier molecular flexibility index (Phi) is 8.11. The third-order valence-electron chi connectivity index (χ3n) is 9.02. The summed E-state index contributed by atoms with van der Waals surface area (Å²) in [6.07, 6.45) is 14.1. The lowest BCUT2D eigenvalue weighted by Crippen LogP contribution is -2.43. The van der Waals surface area contributed by atoms with E-state index in [2.05, 4.69) is 63.9 Å². The van der Waals surface area contributed by atoms with Gasteiger partial charge in [-0.25, -0.2) is 18.5 Å². The zero-order chi connectivity index (χ0) is 31.1. The monoisotopic (exact) mass is 625 g/mol. The molecule has 1 unspecified atom stereocenters. The summed E-state index contributed by atoms with van der Waals surface area (Å²) in [6.45, 7) is 7.37. The van der Waals surface area contributed by atoms with Crippen molar-refractivity contribution in [1.82, 2.24) is 33.7 Å². The number of piperidine rings is 1. The van der Waals surface area contributed by atoms with Crippen LogP contribution in [0, 0.1) is 6.92 Å². The average Bonchev–Trinajstić information content (AvgIpc) is 3.72. The van der Waals surface area contributed by atoms with Crippen molar-refractivity contribution in [2.75, 3.05) is 55.7 Å². The van der Waals surface area contributed by atoms with Crippen LogP contribution in [0.3, 0.4) is 0 Å². The number of nitrogens with zero attached hydrogens (tertiary/aromatic N) is 7. The van der Waals surface area contributed by atoms with Gasteiger partial charge in [-0.1, -0.05) is 18.2 Å². The number of aromatic nitrogens is 5. The second-order valence-electron chi connectivity index (χ2n) is 12.0. The van der Waals surface area contributed by atoms with E-state index in [0.717, 1.165) is 54.9 Å². The summed E-state index contributed by atoms with van der Waals surface area (Å²) in [6, 6.07) is 8.10. The summed E-state index contributed by atoms with van der Waals surface area (Å²) < 4.78 is 17.9. The Morgan fingerprint density at radius 2 is 1.87 bits per heavy atom. The molecule has 1 aliphatic carbocycles. The minimum absolute atomic E-state index is 0.0942. The molecule has 4 aromatic rings. The Balaban J connectivity index is 1.27. The number of hydrogen-bond acceptors (Lipinski definition) is 8. The SMILES string of the molecule is Cc1cc(Nc2ncc3cc(-c4nc(C5=CCC=C5)cn4C)c(=O)n(C4CCN(S(C)=O)CC4)c3n2)ccc1N1CCNCC1. The summed E-state index contributed by atoms with van der Waals surface area (Å²) in [4.78, 5) is 31.3. The Bertz CT molecular complexity index is 1900. The molecule has 0 radical (unpaired) electrons. The largest absolute Gasteiger partial charge is 0.369 e. The molecule has 234 valence electrons. The predicted molar refractivity (Wildman–Crippen MR) is 181 cm³/mol. The first-order valence-corrected chi connectivity index (χ1v) is 17.1. The van der Waals surface area contributed by atoms with Crippen molar-refractivity contribution in [3.63, 3.8) is 0 Å². The molecule has 1 atom stereocenters. The molecule has 12 heteroatoms. The fourth-order valence-corrected chi connectivity index (χ4v) is 7.39. The van der Waals surface area contributed by atoms with Gasteiger partial charge in [-0.05, 0) is 61.6 Å². The normalized spacial score (nSPS) is 18.5. The van der Waals surface area contributed by atoms with Crippen LogP contribution in [0.4, 0.5) is 17.3 Å². The van der Waals surface area contributed by atoms with E-state index in [1.165, 1.54) is 11.3 Å². The van der Waals surface area contributed by atoms with Gasteiger partial charge in [0.25, 0.3) is 5.56 Å². The smallest absolute Gasteiger partial charge is 0.263 e. The van der Waals surface area contributed by atoms with Gasteiger partial charge in [0.1, 0.15) is 11.5 Å². The van der Waals surface area contributed by atoms with E-state index in [-0.39, 0.29) is 11.6 Å². The molecule has 11 nitrogen and oxygen atoms in total. The topological polar surface area (TPSA) is 113 Å². The molecule has 2 N–H and O–H groups in total. The van der Waals surface area contributed by atoms with Crippen LogP contribution >= 0.6 is 0 Å². The summed E-state index contributed by atoms with van der Waals surface area (Å²) in [5, 5.41) is 7.56. The lowest BCUT2D eigenvalue weighted by atomic mass is 10.0. The maximum atomic E-state index is 14.4. The van der Waals surface area contributed by atoms with Gasteiger partial charge in [-0.2, -0.15) is 4.98 Å². The third-order valence-corrected chi connectivity index (χ3v) is 10.1. The molecule has 3 aliphatic rings. The number of allylic oxidation sites excluding steroid dienone is 4. The van der Waals surface area contributed by atoms with Crippen molar-refractivity contribution in [2.45, 2.75) is 32.2 Å². The van der Waals surface area contributed by atoms with Crippen molar-refractivity contribution < 1.29 is 4.21 Å². The van der Waals surface area contributed by atoms with E-state index in [9.17, 15) is 9.00 Å². The minimum atomic E-state index is -1.04. The van der Waals surface area contributed by atoms with Crippen LogP contribution in [0.25, 0.3) is 28.0 Å². The number of fused-ring (bicyclic) bond motifs is 1. The van der Waals surface area contributed by atoms with Crippen molar-refractivity contribution >= 4 is 44.9 Å². The number of aryl methyl sites for hydroxylation is 2. The average molecular weight is 626 g/mol. The molecular formula is C33H39N9O2S. The Hall–Kier alpha value is -4.13. The molecule has 3 aromatic heterocycles. The van der Waals surface area contributed by atoms with Crippen molar-refractivity contribution in [2.24, 2.45) is 7.05 Å². The number of rotatable bonds is 7. The lowest BCUT2D eigenvalue weighted by molar-refractivity contribution is 0.284. The standard InChI is InChI=1S/C33H39N9O2S/c1-22-18-25(8-9-29(22)40-16-12-34-13-17-40)36-33-35-20-24-19-27(31-37-28(21-39(31)2)23-6-4-5-7-23)32(43)42(30(24)38-33)26-10-14-41(15-11-26)45(3)44/h4,6-9,18-21,26,34H,5,10-17H2,1-3H3,(H,35,36,38). The van der Waals surface area contributed by atoms with Gasteiger partial charge >= 0.3 is 0 Å². The quantitative estimate of drug-likeness (QED) is 0.318. The zero-order valence-corrected chi connectivity index (χ0v) is 26.8. The van der Waals surface area contributed by atoms with Crippen LogP contribution in [0.1, 0.15) is 36.6 Å². The van der Waals surface area contributed by atoms with Crippen LogP contribution in [0.5, 0.6) is 0 Å². The highest BCUT2D eigenvalue weighted by Gasteiger charge is 2.27. The third kappa shape index (κ3) is 5.85. The Morgan fingerprint density at radius 3 is 2.58 bits per heavy atom. The first kappa shape index (κ1) is 29.6. The number of hydrogen-bond donors (Lipinski definition) is 2. The van der Waals surface area contributed by atoms with Gasteiger partial charge in [0.2, 0.25) is 5.95 Å². The molecule has 7 rings (SSSR count). The lowest BCUT2D eigenvalue weighted by Gasteiger charge is -2.31. The van der Waals surface area contributed by atoms with E-state index in [1.54, 1.807) is 12.5 Å². The number of benzene rings is 1. The summed E-state index contributed by atoms with van der Waals surface area (Å²) in [7, 11) is 0.880. The molecular weight excluding hydrogens is 586 g/mol. The highest BCUT2D eigenvalue weighted by Crippen LogP contribution is 2.30. The van der Waals surface area contributed by atoms with Crippen molar-refractivity contribution in [3.05, 3.63) is 76.5 Å². The second-order valence-corrected chi connectivity index (χ2v) is 13.4. The van der Waals surface area contributed by atoms with E-state index < -0.39 is 11.0 Å². The molecule has 0 amide bonds. The van der Waals surface area contributed by atoms with Crippen LogP contribution in [-0.4, -0.2) is 78.1 Å². The maximum Gasteiger partial charge on any atom is 0.263 e. The molecule has 5 heterocycles. The van der Waals surface area contributed by atoms with Crippen LogP contribution < -0.4 is 21.1 Å². The van der Waals surface area contributed by atoms with Gasteiger partial charge in [0.05, 0.1) is 22.2 Å². The summed E-state index contributed by atoms with van der Waals surface area (Å²) in [5.74, 6) is 1.05. The Morgan fingerprint density at radius 1 is 1.07 bits per heavy atom. The first-order chi connectivity index (χ1) is 21.9. The fourth-order valence-electron chi connectivity index (χ4n) is 6.66. The summed E-state index contributed by atoms with van der Waals surface area (Å²) in [5.41, 5.74) is 6.20. The van der Waals surface area contributed by atoms with Gasteiger partial charge in [0, 0.05) is 87.8 Å². The van der Waals surface area contributed by atoms with Gasteiger partial charge in [-0.3, -0.25) is 9.36 Å². The van der Waals surface area contributed by atoms with E-state index >= 15 is 0 Å². The predicted octanol–water partition coefficient (Wildman–Crippen LogP) is 3.93. The maximum absolute atomic E-state index is 14.4. The van der Waals surface area contributed by atoms with Crippen LogP contribution in [0.15, 0.2) is 59.7 Å². The van der Waals surface area contributed by atoms with E-state index in [0.29, 0.717) is 48.9 Å². The fraction of sp³-hybridized carbons (Fsp3) is 0.394. The molecule has 2 saturated heterocycles.